The zero-order chi connectivity index (χ0) is 14.0. The fraction of sp³-hybridized carbons (Fsp3) is 0.846. The zero-order valence-electron chi connectivity index (χ0n) is 11.5. The monoisotopic (exact) mass is 270 g/mol. The molecule has 1 saturated heterocycles. The minimum Gasteiger partial charge on any atom is -0.480 e. The Morgan fingerprint density at radius 3 is 2.21 bits per heavy atom. The van der Waals surface area contributed by atoms with Crippen molar-refractivity contribution < 1.29 is 19.4 Å². The van der Waals surface area contributed by atoms with E-state index in [-0.39, 0.29) is 18.2 Å². The number of hydrogen-bond acceptors (Lipinski definition) is 3. The molecule has 6 heteroatoms. The van der Waals surface area contributed by atoms with Crippen LogP contribution in [0.4, 0.5) is 4.79 Å². The highest BCUT2D eigenvalue weighted by molar-refractivity contribution is 5.86. The van der Waals surface area contributed by atoms with Crippen LogP contribution in [0.1, 0.15) is 39.5 Å². The third-order valence-electron chi connectivity index (χ3n) is 3.92. The molecule has 108 valence electrons. The molecule has 0 aromatic rings. The molecule has 19 heavy (non-hydrogen) atoms. The predicted octanol–water partition coefficient (Wildman–Crippen LogP) is 1.20. The molecule has 2 amide bonds. The predicted molar refractivity (Wildman–Crippen MR) is 68.9 cm³/mol. The lowest BCUT2D eigenvalue weighted by Gasteiger charge is -2.37. The van der Waals surface area contributed by atoms with Gasteiger partial charge in [-0.3, -0.25) is 0 Å². The van der Waals surface area contributed by atoms with Gasteiger partial charge in [0.2, 0.25) is 0 Å². The second-order valence-electron chi connectivity index (χ2n) is 5.69. The molecule has 2 N–H and O–H groups in total. The summed E-state index contributed by atoms with van der Waals surface area (Å²) in [4.78, 5) is 25.3. The van der Waals surface area contributed by atoms with Crippen LogP contribution in [0.3, 0.4) is 0 Å². The van der Waals surface area contributed by atoms with Gasteiger partial charge in [-0.1, -0.05) is 12.8 Å². The summed E-state index contributed by atoms with van der Waals surface area (Å²) >= 11 is 0. The Morgan fingerprint density at radius 2 is 1.74 bits per heavy atom. The van der Waals surface area contributed by atoms with E-state index in [4.69, 9.17) is 4.74 Å². The topological polar surface area (TPSA) is 78.9 Å². The molecule has 6 nitrogen and oxygen atoms in total. The Kier molecular flexibility index (Phi) is 3.99. The zero-order valence-corrected chi connectivity index (χ0v) is 11.5. The maximum absolute atomic E-state index is 12.3. The van der Waals surface area contributed by atoms with Gasteiger partial charge in [0.1, 0.15) is 5.54 Å². The number of nitrogens with one attached hydrogen (secondary N) is 1. The van der Waals surface area contributed by atoms with Gasteiger partial charge in [0.15, 0.2) is 0 Å². The van der Waals surface area contributed by atoms with Gasteiger partial charge in [-0.15, -0.1) is 0 Å². The molecule has 2 rings (SSSR count). The van der Waals surface area contributed by atoms with Crippen molar-refractivity contribution in [3.63, 3.8) is 0 Å². The third kappa shape index (κ3) is 3.00. The van der Waals surface area contributed by atoms with Gasteiger partial charge in [-0.2, -0.15) is 0 Å². The van der Waals surface area contributed by atoms with Crippen molar-refractivity contribution in [2.45, 2.75) is 57.3 Å². The fourth-order valence-electron chi connectivity index (χ4n) is 3.00. The molecular formula is C13H22N2O4. The van der Waals surface area contributed by atoms with Crippen molar-refractivity contribution in [1.29, 1.82) is 0 Å². The van der Waals surface area contributed by atoms with Gasteiger partial charge in [-0.05, 0) is 26.7 Å². The number of morpholine rings is 1. The Labute approximate surface area is 113 Å². The highest BCUT2D eigenvalue weighted by Gasteiger charge is 2.43. The second kappa shape index (κ2) is 5.36. The average Bonchev–Trinajstić information content (AvgIpc) is 2.77. The molecule has 2 aliphatic rings. The smallest absolute Gasteiger partial charge is 0.329 e. The van der Waals surface area contributed by atoms with Gasteiger partial charge >= 0.3 is 12.0 Å². The molecule has 2 atom stereocenters. The van der Waals surface area contributed by atoms with Crippen LogP contribution >= 0.6 is 0 Å². The van der Waals surface area contributed by atoms with Gasteiger partial charge in [0.25, 0.3) is 0 Å². The first-order valence-corrected chi connectivity index (χ1v) is 6.89. The van der Waals surface area contributed by atoms with Crippen LogP contribution in [0, 0.1) is 0 Å². The Hall–Kier alpha value is -1.30. The Morgan fingerprint density at radius 1 is 1.21 bits per heavy atom. The Balaban J connectivity index is 2.01. The molecule has 1 aliphatic heterocycles. The summed E-state index contributed by atoms with van der Waals surface area (Å²) in [5.41, 5.74) is -1.07. The largest absolute Gasteiger partial charge is 0.480 e. The lowest BCUT2D eigenvalue weighted by Crippen LogP contribution is -2.59. The van der Waals surface area contributed by atoms with Crippen molar-refractivity contribution >= 4 is 12.0 Å². The molecule has 0 aromatic heterocycles. The summed E-state index contributed by atoms with van der Waals surface area (Å²) in [7, 11) is 0. The first kappa shape index (κ1) is 14.1. The molecule has 1 heterocycles. The number of ether oxygens (including phenoxy) is 1. The molecule has 0 aromatic carbocycles. The van der Waals surface area contributed by atoms with E-state index in [0.717, 1.165) is 12.8 Å². The first-order chi connectivity index (χ1) is 8.93. The maximum atomic E-state index is 12.3. The van der Waals surface area contributed by atoms with Crippen molar-refractivity contribution in [2.75, 3.05) is 13.1 Å². The van der Waals surface area contributed by atoms with Gasteiger partial charge in [0.05, 0.1) is 12.2 Å². The molecule has 2 fully saturated rings. The number of carbonyl (C=O) groups is 2. The molecule has 1 aliphatic carbocycles. The van der Waals surface area contributed by atoms with Crippen molar-refractivity contribution in [2.24, 2.45) is 0 Å². The molecule has 1 saturated carbocycles. The van der Waals surface area contributed by atoms with Crippen LogP contribution in [-0.2, 0) is 9.53 Å². The summed E-state index contributed by atoms with van der Waals surface area (Å²) in [6.07, 6.45) is 2.70. The normalized spacial score (nSPS) is 30.1. The molecular weight excluding hydrogens is 248 g/mol. The number of hydrogen-bond donors (Lipinski definition) is 2. The average molecular weight is 270 g/mol. The van der Waals surface area contributed by atoms with Crippen LogP contribution in [0.5, 0.6) is 0 Å². The first-order valence-electron chi connectivity index (χ1n) is 6.89. The number of aliphatic carboxylic acids is 1. The fourth-order valence-corrected chi connectivity index (χ4v) is 3.00. The van der Waals surface area contributed by atoms with E-state index < -0.39 is 11.5 Å². The van der Waals surface area contributed by atoms with Crippen molar-refractivity contribution in [3.8, 4) is 0 Å². The van der Waals surface area contributed by atoms with Gasteiger partial charge in [-0.25, -0.2) is 9.59 Å². The van der Waals surface area contributed by atoms with E-state index in [1.165, 1.54) is 0 Å². The minimum absolute atomic E-state index is 0.0149. The molecule has 0 bridgehead atoms. The van der Waals surface area contributed by atoms with Gasteiger partial charge in [0, 0.05) is 13.1 Å². The van der Waals surface area contributed by atoms with E-state index in [9.17, 15) is 14.7 Å². The van der Waals surface area contributed by atoms with E-state index in [1.807, 2.05) is 13.8 Å². The highest BCUT2D eigenvalue weighted by Crippen LogP contribution is 2.30. The van der Waals surface area contributed by atoms with Crippen LogP contribution in [0.15, 0.2) is 0 Å². The quantitative estimate of drug-likeness (QED) is 0.790. The number of amides is 2. The van der Waals surface area contributed by atoms with E-state index in [2.05, 4.69) is 5.32 Å². The van der Waals surface area contributed by atoms with Crippen LogP contribution < -0.4 is 5.32 Å². The summed E-state index contributed by atoms with van der Waals surface area (Å²) in [5, 5.41) is 12.1. The standard InChI is InChI=1S/C13H22N2O4/c1-9-7-15(8-10(2)19-9)12(18)14-13(11(16)17)5-3-4-6-13/h9-10H,3-8H2,1-2H3,(H,14,18)(H,16,17). The molecule has 0 radical (unpaired) electrons. The minimum atomic E-state index is -1.07. The lowest BCUT2D eigenvalue weighted by atomic mass is 9.98. The van der Waals surface area contributed by atoms with E-state index in [0.29, 0.717) is 25.9 Å². The number of carboxylic acid groups (broad SMARTS) is 1. The van der Waals surface area contributed by atoms with Crippen LogP contribution in [-0.4, -0.2) is 52.8 Å². The van der Waals surface area contributed by atoms with Crippen LogP contribution in [0.2, 0.25) is 0 Å². The number of nitrogens with zero attached hydrogens (tertiary/aromatic N) is 1. The van der Waals surface area contributed by atoms with E-state index in [1.54, 1.807) is 4.90 Å². The number of carbonyl (C=O) groups excluding carboxylic acids is 1. The van der Waals surface area contributed by atoms with Crippen molar-refractivity contribution in [1.82, 2.24) is 10.2 Å². The van der Waals surface area contributed by atoms with E-state index >= 15 is 0 Å². The number of carboxylic acids is 1. The van der Waals surface area contributed by atoms with Crippen molar-refractivity contribution in [3.05, 3.63) is 0 Å². The lowest BCUT2D eigenvalue weighted by molar-refractivity contribution is -0.144. The number of urea groups is 1. The Bertz CT molecular complexity index is 356. The number of rotatable bonds is 2. The van der Waals surface area contributed by atoms with Crippen LogP contribution in [0.25, 0.3) is 0 Å². The molecule has 2 unspecified atom stereocenters. The molecule has 0 spiro atoms. The summed E-state index contributed by atoms with van der Waals surface area (Å²) in [6.45, 7) is 4.84. The summed E-state index contributed by atoms with van der Waals surface area (Å²) in [6, 6.07) is -0.286. The highest BCUT2D eigenvalue weighted by atomic mass is 16.5. The SMILES string of the molecule is CC1CN(C(=O)NC2(C(=O)O)CCCC2)CC(C)O1. The van der Waals surface area contributed by atoms with Gasteiger partial charge < -0.3 is 20.1 Å². The second-order valence-corrected chi connectivity index (χ2v) is 5.69. The summed E-state index contributed by atoms with van der Waals surface area (Å²) in [5.74, 6) is -0.923. The third-order valence-corrected chi connectivity index (χ3v) is 3.92. The summed E-state index contributed by atoms with van der Waals surface area (Å²) < 4.78 is 5.57. The maximum Gasteiger partial charge on any atom is 0.329 e.